The van der Waals surface area contributed by atoms with Gasteiger partial charge in [-0.1, -0.05) is 12.2 Å². The average molecular weight is 144 g/mol. The van der Waals surface area contributed by atoms with E-state index in [9.17, 15) is 0 Å². The molecule has 0 rings (SSSR count). The van der Waals surface area contributed by atoms with Crippen molar-refractivity contribution in [2.75, 3.05) is 13.2 Å². The fraction of sp³-hybridized carbons (Fsp3) is 0.750. The zero-order valence-corrected chi connectivity index (χ0v) is 6.45. The smallest absolute Gasteiger partial charge is 0.0481 e. The SMILES string of the molecule is CC=CCCC(CO)CO. The Kier molecular flexibility index (Phi) is 6.55. The third-order valence-corrected chi connectivity index (χ3v) is 1.49. The minimum atomic E-state index is 0.0659. The molecule has 0 unspecified atom stereocenters. The highest BCUT2D eigenvalue weighted by Crippen LogP contribution is 2.04. The summed E-state index contributed by atoms with van der Waals surface area (Å²) in [5, 5.41) is 17.3. The van der Waals surface area contributed by atoms with E-state index in [1.54, 1.807) is 0 Å². The third-order valence-electron chi connectivity index (χ3n) is 1.49. The molecular formula is C8H16O2. The zero-order chi connectivity index (χ0) is 7.82. The molecule has 2 heteroatoms. The number of allylic oxidation sites excluding steroid dienone is 2. The van der Waals surface area contributed by atoms with Crippen LogP contribution in [0.4, 0.5) is 0 Å². The highest BCUT2D eigenvalue weighted by molar-refractivity contribution is 4.77. The van der Waals surface area contributed by atoms with Gasteiger partial charge in [0, 0.05) is 19.1 Å². The van der Waals surface area contributed by atoms with E-state index in [1.165, 1.54) is 0 Å². The predicted molar refractivity (Wildman–Crippen MR) is 41.7 cm³/mol. The van der Waals surface area contributed by atoms with E-state index >= 15 is 0 Å². The first kappa shape index (κ1) is 9.66. The second kappa shape index (κ2) is 6.78. The molecule has 0 atom stereocenters. The number of rotatable bonds is 5. The Balaban J connectivity index is 3.25. The third kappa shape index (κ3) is 4.53. The molecule has 2 N–H and O–H groups in total. The van der Waals surface area contributed by atoms with Crippen molar-refractivity contribution >= 4 is 0 Å². The van der Waals surface area contributed by atoms with Crippen LogP contribution in [0.5, 0.6) is 0 Å². The topological polar surface area (TPSA) is 40.5 Å². The van der Waals surface area contributed by atoms with Crippen LogP contribution in [0, 0.1) is 5.92 Å². The molecule has 0 aliphatic rings. The van der Waals surface area contributed by atoms with Crippen LogP contribution in [0.2, 0.25) is 0 Å². The summed E-state index contributed by atoms with van der Waals surface area (Å²) in [4.78, 5) is 0. The van der Waals surface area contributed by atoms with Crippen molar-refractivity contribution in [1.29, 1.82) is 0 Å². The van der Waals surface area contributed by atoms with E-state index in [4.69, 9.17) is 10.2 Å². The van der Waals surface area contributed by atoms with Crippen molar-refractivity contribution in [1.82, 2.24) is 0 Å². The lowest BCUT2D eigenvalue weighted by atomic mass is 10.1. The lowest BCUT2D eigenvalue weighted by Crippen LogP contribution is -2.09. The maximum atomic E-state index is 8.64. The van der Waals surface area contributed by atoms with E-state index in [2.05, 4.69) is 0 Å². The van der Waals surface area contributed by atoms with Gasteiger partial charge >= 0.3 is 0 Å². The second-order valence-electron chi connectivity index (χ2n) is 2.38. The summed E-state index contributed by atoms with van der Waals surface area (Å²) < 4.78 is 0. The minimum Gasteiger partial charge on any atom is -0.396 e. The van der Waals surface area contributed by atoms with Crippen LogP contribution in [0.1, 0.15) is 19.8 Å². The summed E-state index contributed by atoms with van der Waals surface area (Å²) in [7, 11) is 0. The number of aliphatic hydroxyl groups excluding tert-OH is 2. The lowest BCUT2D eigenvalue weighted by molar-refractivity contribution is 0.144. The van der Waals surface area contributed by atoms with Crippen LogP contribution in [0.25, 0.3) is 0 Å². The fourth-order valence-corrected chi connectivity index (χ4v) is 0.739. The molecule has 0 saturated heterocycles. The van der Waals surface area contributed by atoms with E-state index in [-0.39, 0.29) is 19.1 Å². The Bertz CT molecular complexity index is 85.3. The van der Waals surface area contributed by atoms with Gasteiger partial charge in [-0.05, 0) is 19.8 Å². The monoisotopic (exact) mass is 144 g/mol. The van der Waals surface area contributed by atoms with Gasteiger partial charge in [0.2, 0.25) is 0 Å². The van der Waals surface area contributed by atoms with E-state index in [0.717, 1.165) is 12.8 Å². The Morgan fingerprint density at radius 2 is 1.90 bits per heavy atom. The molecule has 0 aliphatic carbocycles. The van der Waals surface area contributed by atoms with Crippen LogP contribution < -0.4 is 0 Å². The fourth-order valence-electron chi connectivity index (χ4n) is 0.739. The van der Waals surface area contributed by atoms with Gasteiger partial charge in [-0.25, -0.2) is 0 Å². The highest BCUT2D eigenvalue weighted by Gasteiger charge is 2.02. The van der Waals surface area contributed by atoms with Gasteiger partial charge in [-0.2, -0.15) is 0 Å². The van der Waals surface area contributed by atoms with E-state index in [1.807, 2.05) is 19.1 Å². The Morgan fingerprint density at radius 3 is 2.30 bits per heavy atom. The lowest BCUT2D eigenvalue weighted by Gasteiger charge is -2.07. The molecule has 0 bridgehead atoms. The van der Waals surface area contributed by atoms with Gasteiger partial charge in [0.05, 0.1) is 0 Å². The first-order valence-electron chi connectivity index (χ1n) is 3.68. The maximum absolute atomic E-state index is 8.64. The Morgan fingerprint density at radius 1 is 1.30 bits per heavy atom. The Hall–Kier alpha value is -0.340. The Labute approximate surface area is 62.2 Å². The summed E-state index contributed by atoms with van der Waals surface area (Å²) in [5.74, 6) is 0.0659. The normalized spacial score (nSPS) is 11.6. The molecule has 0 spiro atoms. The van der Waals surface area contributed by atoms with Crippen LogP contribution in [0.15, 0.2) is 12.2 Å². The predicted octanol–water partition coefficient (Wildman–Crippen LogP) is 0.944. The number of aliphatic hydroxyl groups is 2. The molecule has 10 heavy (non-hydrogen) atoms. The molecule has 0 aromatic carbocycles. The van der Waals surface area contributed by atoms with Crippen molar-refractivity contribution in [3.8, 4) is 0 Å². The molecule has 0 amide bonds. The van der Waals surface area contributed by atoms with E-state index in [0.29, 0.717) is 0 Å². The zero-order valence-electron chi connectivity index (χ0n) is 6.45. The molecule has 0 aromatic rings. The van der Waals surface area contributed by atoms with Crippen molar-refractivity contribution in [2.24, 2.45) is 5.92 Å². The van der Waals surface area contributed by atoms with Gasteiger partial charge in [0.1, 0.15) is 0 Å². The van der Waals surface area contributed by atoms with Crippen LogP contribution in [-0.4, -0.2) is 23.4 Å². The summed E-state index contributed by atoms with van der Waals surface area (Å²) in [6, 6.07) is 0. The summed E-state index contributed by atoms with van der Waals surface area (Å²) in [5.41, 5.74) is 0. The maximum Gasteiger partial charge on any atom is 0.0481 e. The van der Waals surface area contributed by atoms with Crippen LogP contribution in [0.3, 0.4) is 0 Å². The van der Waals surface area contributed by atoms with E-state index < -0.39 is 0 Å². The van der Waals surface area contributed by atoms with Gasteiger partial charge in [-0.3, -0.25) is 0 Å². The summed E-state index contributed by atoms with van der Waals surface area (Å²) in [6.45, 7) is 2.15. The molecule has 60 valence electrons. The summed E-state index contributed by atoms with van der Waals surface area (Å²) >= 11 is 0. The molecule has 0 radical (unpaired) electrons. The van der Waals surface area contributed by atoms with Crippen LogP contribution >= 0.6 is 0 Å². The first-order valence-corrected chi connectivity index (χ1v) is 3.68. The largest absolute Gasteiger partial charge is 0.396 e. The highest BCUT2D eigenvalue weighted by atomic mass is 16.3. The van der Waals surface area contributed by atoms with Gasteiger partial charge in [-0.15, -0.1) is 0 Å². The number of hydrogen-bond acceptors (Lipinski definition) is 2. The molecule has 0 aromatic heterocycles. The molecule has 0 fully saturated rings. The molecule has 2 nitrogen and oxygen atoms in total. The summed E-state index contributed by atoms with van der Waals surface area (Å²) in [6.07, 6.45) is 5.84. The van der Waals surface area contributed by atoms with Gasteiger partial charge < -0.3 is 10.2 Å². The molecule has 0 heterocycles. The molecular weight excluding hydrogens is 128 g/mol. The second-order valence-corrected chi connectivity index (χ2v) is 2.38. The average Bonchev–Trinajstić information content (AvgIpc) is 1.99. The standard InChI is InChI=1S/C8H16O2/c1-2-3-4-5-8(6-9)7-10/h2-3,8-10H,4-7H2,1H3. The quantitative estimate of drug-likeness (QED) is 0.564. The van der Waals surface area contributed by atoms with Crippen molar-refractivity contribution in [3.05, 3.63) is 12.2 Å². The van der Waals surface area contributed by atoms with Crippen molar-refractivity contribution < 1.29 is 10.2 Å². The molecule has 0 aliphatic heterocycles. The molecule has 0 saturated carbocycles. The van der Waals surface area contributed by atoms with Crippen LogP contribution in [-0.2, 0) is 0 Å². The first-order chi connectivity index (χ1) is 4.85. The van der Waals surface area contributed by atoms with Gasteiger partial charge in [0.15, 0.2) is 0 Å². The minimum absolute atomic E-state index is 0.0659. The van der Waals surface area contributed by atoms with Gasteiger partial charge in [0.25, 0.3) is 0 Å². The van der Waals surface area contributed by atoms with Crippen molar-refractivity contribution in [2.45, 2.75) is 19.8 Å². The number of hydrogen-bond donors (Lipinski definition) is 2. The van der Waals surface area contributed by atoms with Crippen molar-refractivity contribution in [3.63, 3.8) is 0 Å².